The first-order chi connectivity index (χ1) is 16.5. The van der Waals surface area contributed by atoms with E-state index in [0.717, 1.165) is 23.9 Å². The molecule has 176 valence electrons. The van der Waals surface area contributed by atoms with Gasteiger partial charge in [0.25, 0.3) is 0 Å². The second kappa shape index (κ2) is 9.34. The van der Waals surface area contributed by atoms with Crippen LogP contribution in [0.15, 0.2) is 42.5 Å². The molecule has 0 aliphatic carbocycles. The third-order valence-electron chi connectivity index (χ3n) is 5.98. The monoisotopic (exact) mass is 466 g/mol. The molecule has 1 saturated heterocycles. The summed E-state index contributed by atoms with van der Waals surface area (Å²) < 4.78 is 41.6. The van der Waals surface area contributed by atoms with Crippen LogP contribution < -0.4 is 4.74 Å². The van der Waals surface area contributed by atoms with Crippen molar-refractivity contribution in [2.75, 3.05) is 19.8 Å². The van der Waals surface area contributed by atoms with Crippen LogP contribution in [0.5, 0.6) is 11.6 Å². The van der Waals surface area contributed by atoms with Gasteiger partial charge in [-0.25, -0.2) is 13.8 Å². The zero-order valence-electron chi connectivity index (χ0n) is 18.7. The highest BCUT2D eigenvalue weighted by molar-refractivity contribution is 5.91. The van der Waals surface area contributed by atoms with Crippen molar-refractivity contribution in [3.63, 3.8) is 0 Å². The third kappa shape index (κ3) is 4.31. The van der Waals surface area contributed by atoms with Gasteiger partial charge >= 0.3 is 0 Å². The molecule has 1 fully saturated rings. The molecule has 1 aliphatic heterocycles. The van der Waals surface area contributed by atoms with Crippen molar-refractivity contribution in [2.24, 2.45) is 0 Å². The van der Waals surface area contributed by atoms with E-state index in [0.29, 0.717) is 31.0 Å². The van der Waals surface area contributed by atoms with Crippen LogP contribution in [0, 0.1) is 11.6 Å². The maximum absolute atomic E-state index is 14.7. The van der Waals surface area contributed by atoms with Gasteiger partial charge in [-0.05, 0) is 25.8 Å². The SMILES string of the molecule is CCOc1cc(F)c(Cn2nc(-c3nc(O)cc(C4CCOCC4)n3)c3ccccc32)c(F)c1. The Balaban J connectivity index is 1.56. The molecular weight excluding hydrogens is 442 g/mol. The molecule has 0 saturated carbocycles. The minimum atomic E-state index is -0.708. The number of aromatic hydroxyl groups is 1. The summed E-state index contributed by atoms with van der Waals surface area (Å²) in [4.78, 5) is 8.91. The number of ether oxygens (including phenoxy) is 2. The lowest BCUT2D eigenvalue weighted by molar-refractivity contribution is 0.0844. The largest absolute Gasteiger partial charge is 0.494 e. The molecule has 0 bridgehead atoms. The zero-order chi connectivity index (χ0) is 23.7. The smallest absolute Gasteiger partial charge is 0.214 e. The molecule has 4 aromatic rings. The molecule has 7 nitrogen and oxygen atoms in total. The highest BCUT2D eigenvalue weighted by Gasteiger charge is 2.22. The van der Waals surface area contributed by atoms with E-state index in [2.05, 4.69) is 10.1 Å². The van der Waals surface area contributed by atoms with Gasteiger partial charge in [-0.15, -0.1) is 0 Å². The average molecular weight is 466 g/mol. The van der Waals surface area contributed by atoms with Gasteiger partial charge in [-0.3, -0.25) is 4.68 Å². The van der Waals surface area contributed by atoms with E-state index in [1.54, 1.807) is 13.0 Å². The Kier molecular flexibility index (Phi) is 6.10. The molecule has 5 rings (SSSR count). The van der Waals surface area contributed by atoms with Crippen LogP contribution in [0.25, 0.3) is 22.4 Å². The lowest BCUT2D eigenvalue weighted by Crippen LogP contribution is -2.15. The fraction of sp³-hybridized carbons (Fsp3) is 0.320. The van der Waals surface area contributed by atoms with Crippen LogP contribution in [0.1, 0.15) is 36.9 Å². The summed E-state index contributed by atoms with van der Waals surface area (Å²) in [6.07, 6.45) is 1.61. The Morgan fingerprint density at radius 1 is 1.09 bits per heavy atom. The summed E-state index contributed by atoms with van der Waals surface area (Å²) in [7, 11) is 0. The Morgan fingerprint density at radius 2 is 1.82 bits per heavy atom. The number of fused-ring (bicyclic) bond motifs is 1. The molecule has 1 N–H and O–H groups in total. The predicted octanol–water partition coefficient (Wildman–Crippen LogP) is 4.82. The van der Waals surface area contributed by atoms with E-state index in [1.807, 2.05) is 24.3 Å². The minimum absolute atomic E-state index is 0.122. The van der Waals surface area contributed by atoms with Crippen molar-refractivity contribution in [2.45, 2.75) is 32.2 Å². The summed E-state index contributed by atoms with van der Waals surface area (Å²) >= 11 is 0. The second-order valence-corrected chi connectivity index (χ2v) is 8.18. The fourth-order valence-electron chi connectivity index (χ4n) is 4.30. The molecule has 1 aliphatic rings. The molecule has 0 radical (unpaired) electrons. The van der Waals surface area contributed by atoms with Gasteiger partial charge in [0.15, 0.2) is 5.82 Å². The van der Waals surface area contributed by atoms with E-state index in [4.69, 9.17) is 14.5 Å². The summed E-state index contributed by atoms with van der Waals surface area (Å²) in [6.45, 7) is 3.21. The molecular formula is C25H24F2N4O3. The van der Waals surface area contributed by atoms with Crippen LogP contribution >= 0.6 is 0 Å². The summed E-state index contributed by atoms with van der Waals surface area (Å²) in [5, 5.41) is 15.6. The van der Waals surface area contributed by atoms with E-state index >= 15 is 0 Å². The van der Waals surface area contributed by atoms with Crippen LogP contribution in [0.2, 0.25) is 0 Å². The Hall–Kier alpha value is -3.59. The van der Waals surface area contributed by atoms with Gasteiger partial charge in [0.1, 0.15) is 23.1 Å². The van der Waals surface area contributed by atoms with Crippen LogP contribution in [-0.2, 0) is 11.3 Å². The molecule has 2 aromatic heterocycles. The first-order valence-corrected chi connectivity index (χ1v) is 11.3. The van der Waals surface area contributed by atoms with Gasteiger partial charge in [0.2, 0.25) is 5.88 Å². The highest BCUT2D eigenvalue weighted by Crippen LogP contribution is 2.32. The molecule has 2 aromatic carbocycles. The first-order valence-electron chi connectivity index (χ1n) is 11.3. The van der Waals surface area contributed by atoms with E-state index in [9.17, 15) is 13.9 Å². The maximum atomic E-state index is 14.7. The maximum Gasteiger partial charge on any atom is 0.214 e. The van der Waals surface area contributed by atoms with Gasteiger partial charge in [0.05, 0.1) is 24.4 Å². The fourth-order valence-corrected chi connectivity index (χ4v) is 4.30. The Labute approximate surface area is 195 Å². The molecule has 0 amide bonds. The van der Waals surface area contributed by atoms with Crippen LogP contribution in [0.3, 0.4) is 0 Å². The number of rotatable bonds is 6. The van der Waals surface area contributed by atoms with Crippen molar-refractivity contribution in [3.8, 4) is 23.1 Å². The summed E-state index contributed by atoms with van der Waals surface area (Å²) in [6, 6.07) is 11.3. The van der Waals surface area contributed by atoms with Crippen molar-refractivity contribution >= 4 is 10.9 Å². The average Bonchev–Trinajstić information content (AvgIpc) is 3.20. The summed E-state index contributed by atoms with van der Waals surface area (Å²) in [5.41, 5.74) is 1.72. The van der Waals surface area contributed by atoms with Gasteiger partial charge < -0.3 is 14.6 Å². The topological polar surface area (TPSA) is 82.3 Å². The first kappa shape index (κ1) is 22.2. The normalized spacial score (nSPS) is 14.6. The molecule has 34 heavy (non-hydrogen) atoms. The van der Waals surface area contributed by atoms with Crippen molar-refractivity contribution < 1.29 is 23.4 Å². The van der Waals surface area contributed by atoms with Gasteiger partial charge in [0, 0.05) is 48.3 Å². The Morgan fingerprint density at radius 3 is 2.56 bits per heavy atom. The Bertz CT molecular complexity index is 1310. The number of para-hydroxylation sites is 1. The lowest BCUT2D eigenvalue weighted by atomic mass is 9.96. The minimum Gasteiger partial charge on any atom is -0.494 e. The van der Waals surface area contributed by atoms with Crippen LogP contribution in [-0.4, -0.2) is 44.7 Å². The molecule has 9 heteroatoms. The molecule has 0 unspecified atom stereocenters. The number of benzene rings is 2. The zero-order valence-corrected chi connectivity index (χ0v) is 18.7. The van der Waals surface area contributed by atoms with Crippen molar-refractivity contribution in [1.82, 2.24) is 19.7 Å². The molecule has 3 heterocycles. The number of halogens is 2. The number of nitrogens with zero attached hydrogens (tertiary/aromatic N) is 4. The summed E-state index contributed by atoms with van der Waals surface area (Å²) in [5.74, 6) is -0.999. The molecule has 0 spiro atoms. The highest BCUT2D eigenvalue weighted by atomic mass is 19.1. The number of hydrogen-bond acceptors (Lipinski definition) is 6. The van der Waals surface area contributed by atoms with Crippen molar-refractivity contribution in [3.05, 3.63) is 65.4 Å². The third-order valence-corrected chi connectivity index (χ3v) is 5.98. The van der Waals surface area contributed by atoms with Crippen LogP contribution in [0.4, 0.5) is 8.78 Å². The van der Waals surface area contributed by atoms with Crippen molar-refractivity contribution in [1.29, 1.82) is 0 Å². The quantitative estimate of drug-likeness (QED) is 0.439. The lowest BCUT2D eigenvalue weighted by Gasteiger charge is -2.21. The van der Waals surface area contributed by atoms with E-state index < -0.39 is 11.6 Å². The van der Waals surface area contributed by atoms with E-state index in [1.165, 1.54) is 16.8 Å². The standard InChI is InChI=1S/C25H24F2N4O3/c1-2-34-16-11-19(26)18(20(27)12-16)14-31-22-6-4-3-5-17(22)24(30-31)25-28-21(13-23(32)29-25)15-7-9-33-10-8-15/h3-6,11-13,15H,2,7-10,14H2,1H3,(H,28,29,32). The van der Waals surface area contributed by atoms with E-state index in [-0.39, 0.29) is 35.5 Å². The van der Waals surface area contributed by atoms with Gasteiger partial charge in [-0.2, -0.15) is 10.1 Å². The molecule has 0 atom stereocenters. The van der Waals surface area contributed by atoms with Gasteiger partial charge in [-0.1, -0.05) is 18.2 Å². The number of hydrogen-bond donors (Lipinski definition) is 1. The number of aromatic nitrogens is 4. The second-order valence-electron chi connectivity index (χ2n) is 8.18. The predicted molar refractivity (Wildman–Crippen MR) is 122 cm³/mol.